The van der Waals surface area contributed by atoms with Gasteiger partial charge < -0.3 is 15.9 Å². The molecule has 1 aromatic carbocycles. The van der Waals surface area contributed by atoms with Crippen molar-refractivity contribution in [3.05, 3.63) is 32.9 Å². The molecule has 0 bridgehead atoms. The van der Waals surface area contributed by atoms with Gasteiger partial charge in [0.2, 0.25) is 0 Å². The third-order valence-electron chi connectivity index (χ3n) is 4.46. The number of hydrogen-bond acceptors (Lipinski definition) is 3. The van der Waals surface area contributed by atoms with Gasteiger partial charge in [-0.3, -0.25) is 0 Å². The van der Waals surface area contributed by atoms with E-state index in [1.807, 2.05) is 0 Å². The SMILES string of the molecule is CCCCCCCCc1ccc(CCC(N)(CO)CO)c([124I])c1. The van der Waals surface area contributed by atoms with E-state index < -0.39 is 5.54 Å². The minimum Gasteiger partial charge on any atom is -0.394 e. The number of aryl methyl sites for hydroxylation is 2. The van der Waals surface area contributed by atoms with E-state index in [1.165, 1.54) is 53.2 Å². The van der Waals surface area contributed by atoms with E-state index in [0.717, 1.165) is 12.8 Å². The van der Waals surface area contributed by atoms with E-state index >= 15 is 0 Å². The summed E-state index contributed by atoms with van der Waals surface area (Å²) in [7, 11) is 0. The Labute approximate surface area is 154 Å². The molecule has 0 saturated heterocycles. The molecular formula is C19H32INO2. The highest BCUT2D eigenvalue weighted by atomic mass is 124. The molecule has 4 N–H and O–H groups in total. The van der Waals surface area contributed by atoms with Gasteiger partial charge in [0.05, 0.1) is 18.8 Å². The Kier molecular flexibility index (Phi) is 10.3. The minimum atomic E-state index is -0.875. The van der Waals surface area contributed by atoms with E-state index in [2.05, 4.69) is 47.7 Å². The zero-order valence-electron chi connectivity index (χ0n) is 14.4. The fourth-order valence-electron chi connectivity index (χ4n) is 2.65. The fourth-order valence-corrected chi connectivity index (χ4v) is 3.50. The van der Waals surface area contributed by atoms with Gasteiger partial charge in [-0.25, -0.2) is 0 Å². The maximum Gasteiger partial charge on any atom is 0.0633 e. The largest absolute Gasteiger partial charge is 0.394 e. The Morgan fingerprint density at radius 2 is 1.65 bits per heavy atom. The Bertz CT molecular complexity index is 447. The summed E-state index contributed by atoms with van der Waals surface area (Å²) in [6.45, 7) is 1.88. The maximum atomic E-state index is 9.26. The standard InChI is InChI=1S/C19H32INO2/c1-2-3-4-5-6-7-8-16-9-10-17(18(20)13-16)11-12-19(21,14-22)15-23/h9-10,13,22-23H,2-8,11-12,14-15,21H2,1H3/i20-3. The van der Waals surface area contributed by atoms with Gasteiger partial charge in [0, 0.05) is 3.57 Å². The van der Waals surface area contributed by atoms with Crippen molar-refractivity contribution in [2.45, 2.75) is 70.3 Å². The molecule has 0 aliphatic heterocycles. The van der Waals surface area contributed by atoms with E-state index in [4.69, 9.17) is 5.73 Å². The summed E-state index contributed by atoms with van der Waals surface area (Å²) in [4.78, 5) is 0. The lowest BCUT2D eigenvalue weighted by Crippen LogP contribution is -2.47. The van der Waals surface area contributed by atoms with Gasteiger partial charge in [-0.2, -0.15) is 0 Å². The lowest BCUT2D eigenvalue weighted by Gasteiger charge is -2.24. The lowest BCUT2D eigenvalue weighted by atomic mass is 9.93. The van der Waals surface area contributed by atoms with Crippen molar-refractivity contribution in [2.24, 2.45) is 5.73 Å². The Morgan fingerprint density at radius 1 is 1.00 bits per heavy atom. The van der Waals surface area contributed by atoms with E-state index in [0.29, 0.717) is 6.42 Å². The monoisotopic (exact) mass is 430 g/mol. The quantitative estimate of drug-likeness (QED) is 0.349. The molecule has 23 heavy (non-hydrogen) atoms. The van der Waals surface area contributed by atoms with Crippen molar-refractivity contribution in [3.8, 4) is 0 Å². The summed E-state index contributed by atoms with van der Waals surface area (Å²) in [5.41, 5.74) is 7.71. The van der Waals surface area contributed by atoms with Crippen molar-refractivity contribution < 1.29 is 10.2 Å². The fraction of sp³-hybridized carbons (Fsp3) is 0.684. The average Bonchev–Trinajstić information content (AvgIpc) is 2.57. The van der Waals surface area contributed by atoms with Gasteiger partial charge in [0.1, 0.15) is 0 Å². The van der Waals surface area contributed by atoms with Crippen LogP contribution in [0.4, 0.5) is 0 Å². The molecule has 0 spiro atoms. The van der Waals surface area contributed by atoms with Crippen molar-refractivity contribution >= 4 is 22.6 Å². The van der Waals surface area contributed by atoms with Crippen molar-refractivity contribution in [2.75, 3.05) is 13.2 Å². The highest BCUT2D eigenvalue weighted by Gasteiger charge is 2.22. The van der Waals surface area contributed by atoms with Crippen LogP contribution in [0.3, 0.4) is 0 Å². The van der Waals surface area contributed by atoms with Gasteiger partial charge in [-0.1, -0.05) is 51.2 Å². The number of nitrogens with two attached hydrogens (primary N) is 1. The van der Waals surface area contributed by atoms with Gasteiger partial charge >= 0.3 is 0 Å². The number of halogens is 1. The normalized spacial score (nSPS) is 11.9. The first-order chi connectivity index (χ1) is 11.0. The van der Waals surface area contributed by atoms with Crippen LogP contribution in [0.15, 0.2) is 18.2 Å². The number of unbranched alkanes of at least 4 members (excludes halogenated alkanes) is 5. The third kappa shape index (κ3) is 7.96. The first-order valence-corrected chi connectivity index (χ1v) is 9.90. The van der Waals surface area contributed by atoms with Crippen LogP contribution in [-0.2, 0) is 12.8 Å². The molecule has 132 valence electrons. The molecule has 4 heteroatoms. The first kappa shape index (κ1) is 20.9. The molecule has 0 fully saturated rings. The smallest absolute Gasteiger partial charge is 0.0633 e. The van der Waals surface area contributed by atoms with E-state index in [-0.39, 0.29) is 13.2 Å². The van der Waals surface area contributed by atoms with Gasteiger partial charge in [-0.05, 0) is 65.5 Å². The molecule has 0 aromatic heterocycles. The molecule has 0 unspecified atom stereocenters. The summed E-state index contributed by atoms with van der Waals surface area (Å²) in [6, 6.07) is 6.64. The second-order valence-electron chi connectivity index (χ2n) is 6.62. The summed E-state index contributed by atoms with van der Waals surface area (Å²) in [5.74, 6) is 0. The summed E-state index contributed by atoms with van der Waals surface area (Å²) in [5, 5.41) is 18.5. The highest BCUT2D eigenvalue weighted by Crippen LogP contribution is 2.20. The molecule has 1 aromatic rings. The van der Waals surface area contributed by atoms with Crippen molar-refractivity contribution in [3.63, 3.8) is 0 Å². The first-order valence-electron chi connectivity index (χ1n) is 8.82. The molecule has 0 atom stereocenters. The van der Waals surface area contributed by atoms with Crippen LogP contribution >= 0.6 is 22.6 Å². The zero-order chi connectivity index (χ0) is 17.1. The molecule has 3 nitrogen and oxygen atoms in total. The molecule has 0 aliphatic rings. The molecular weight excluding hydrogens is 398 g/mol. The van der Waals surface area contributed by atoms with Gasteiger partial charge in [-0.15, -0.1) is 0 Å². The van der Waals surface area contributed by atoms with Crippen molar-refractivity contribution in [1.82, 2.24) is 0 Å². The summed E-state index contributed by atoms with van der Waals surface area (Å²) in [6.07, 6.45) is 10.5. The number of hydrogen-bond donors (Lipinski definition) is 3. The third-order valence-corrected chi connectivity index (χ3v) is 5.46. The van der Waals surface area contributed by atoms with Crippen LogP contribution in [0.25, 0.3) is 0 Å². The van der Waals surface area contributed by atoms with Crippen LogP contribution in [0.5, 0.6) is 0 Å². The molecule has 0 aliphatic carbocycles. The topological polar surface area (TPSA) is 66.5 Å². The van der Waals surface area contributed by atoms with E-state index in [9.17, 15) is 10.2 Å². The predicted octanol–water partition coefficient (Wildman–Crippen LogP) is 3.81. The van der Waals surface area contributed by atoms with E-state index in [1.54, 1.807) is 0 Å². The Hall–Kier alpha value is -0.170. The zero-order valence-corrected chi connectivity index (χ0v) is 16.5. The summed E-state index contributed by atoms with van der Waals surface area (Å²) < 4.78 is 1.25. The van der Waals surface area contributed by atoms with Crippen LogP contribution in [0.1, 0.15) is 63.0 Å². The van der Waals surface area contributed by atoms with Gasteiger partial charge in [0.25, 0.3) is 0 Å². The lowest BCUT2D eigenvalue weighted by molar-refractivity contribution is 0.115. The number of aliphatic hydroxyl groups excluding tert-OH is 2. The van der Waals surface area contributed by atoms with Crippen LogP contribution in [-0.4, -0.2) is 29.0 Å². The van der Waals surface area contributed by atoms with Crippen molar-refractivity contribution in [1.29, 1.82) is 0 Å². The second kappa shape index (κ2) is 11.4. The number of rotatable bonds is 12. The Morgan fingerprint density at radius 3 is 2.26 bits per heavy atom. The Balaban J connectivity index is 2.42. The second-order valence-corrected chi connectivity index (χ2v) is 7.78. The van der Waals surface area contributed by atoms with Crippen LogP contribution in [0, 0.1) is 3.57 Å². The molecule has 0 saturated carbocycles. The highest BCUT2D eigenvalue weighted by molar-refractivity contribution is 14.1. The van der Waals surface area contributed by atoms with Crippen LogP contribution in [0.2, 0.25) is 0 Å². The maximum absolute atomic E-state index is 9.26. The number of aliphatic hydroxyl groups is 2. The molecule has 1 rings (SSSR count). The number of benzene rings is 1. The molecule has 0 radical (unpaired) electrons. The minimum absolute atomic E-state index is 0.184. The summed E-state index contributed by atoms with van der Waals surface area (Å²) >= 11 is 2.38. The molecule has 0 amide bonds. The van der Waals surface area contributed by atoms with Crippen LogP contribution < -0.4 is 5.73 Å². The predicted molar refractivity (Wildman–Crippen MR) is 106 cm³/mol. The van der Waals surface area contributed by atoms with Gasteiger partial charge in [0.15, 0.2) is 0 Å². The average molecular weight is 430 g/mol. The molecule has 0 heterocycles.